The summed E-state index contributed by atoms with van der Waals surface area (Å²) in [5.41, 5.74) is 0. The second-order valence-electron chi connectivity index (χ2n) is 20.2. The van der Waals surface area contributed by atoms with Crippen LogP contribution < -0.4 is 5.32 Å². The Morgan fingerprint density at radius 3 is 0.798 bits per heavy atom. The number of carbonyl (C=O) groups excluding carboxylic acids is 9. The standard InChI is InChI=1S/C55H92N10O19/c1-6-42(66)56-21-24-58(43(67)7-2)27-28-59(44(68)8-3)29-30-60(45(69)9-4)31-32-61(46(70)10-5)33-34-63(48(72)12-16-52(77)78)37-38-65(50(74)14-18-54(81)82)40-39-64(49(73)13-17-53(79)80)36-35-62(47(71)11-15-51(75)76)26-25-57-22-19-41(20-23-57)55(83)84/h41H,6-40H2,1-5H3,(H,56,66)(H,75,76)(H,77,78)(H,79,80)(H,81,82)(H,83,84). The van der Waals surface area contributed by atoms with Crippen molar-refractivity contribution in [1.29, 1.82) is 0 Å². The van der Waals surface area contributed by atoms with Crippen LogP contribution in [0.1, 0.15) is 131 Å². The second kappa shape index (κ2) is 41.5. The van der Waals surface area contributed by atoms with Gasteiger partial charge in [-0.3, -0.25) is 67.1 Å². The van der Waals surface area contributed by atoms with Crippen LogP contribution in [-0.4, -0.2) is 284 Å². The third-order valence-electron chi connectivity index (χ3n) is 14.4. The van der Waals surface area contributed by atoms with Crippen molar-refractivity contribution in [1.82, 2.24) is 49.4 Å². The molecule has 0 radical (unpaired) electrons. The van der Waals surface area contributed by atoms with E-state index in [0.717, 1.165) is 0 Å². The molecule has 29 heteroatoms. The molecule has 1 heterocycles. The van der Waals surface area contributed by atoms with Gasteiger partial charge in [0.15, 0.2) is 0 Å². The number of carboxylic acid groups (broad SMARTS) is 5. The first-order valence-corrected chi connectivity index (χ1v) is 29.1. The number of nitrogens with zero attached hydrogens (tertiary/aromatic N) is 9. The van der Waals surface area contributed by atoms with Gasteiger partial charge in [-0.15, -0.1) is 0 Å². The maximum Gasteiger partial charge on any atom is 0.306 e. The van der Waals surface area contributed by atoms with Gasteiger partial charge in [-0.25, -0.2) is 0 Å². The molecule has 0 spiro atoms. The predicted molar refractivity (Wildman–Crippen MR) is 301 cm³/mol. The number of likely N-dealkylation sites (tertiary alicyclic amines) is 1. The fourth-order valence-corrected chi connectivity index (χ4v) is 9.08. The number of carbonyl (C=O) groups is 14. The zero-order valence-corrected chi connectivity index (χ0v) is 49.8. The molecule has 0 saturated carbocycles. The lowest BCUT2D eigenvalue weighted by molar-refractivity contribution is -0.144. The van der Waals surface area contributed by atoms with E-state index in [-0.39, 0.29) is 179 Å². The van der Waals surface area contributed by atoms with Gasteiger partial charge in [-0.2, -0.15) is 0 Å². The molecule has 1 fully saturated rings. The summed E-state index contributed by atoms with van der Waals surface area (Å²) < 4.78 is 0. The highest BCUT2D eigenvalue weighted by Crippen LogP contribution is 2.18. The second-order valence-corrected chi connectivity index (χ2v) is 20.2. The zero-order chi connectivity index (χ0) is 63.3. The number of carboxylic acids is 5. The van der Waals surface area contributed by atoms with Crippen molar-refractivity contribution in [3.05, 3.63) is 0 Å². The van der Waals surface area contributed by atoms with Crippen LogP contribution >= 0.6 is 0 Å². The maximum absolute atomic E-state index is 13.8. The summed E-state index contributed by atoms with van der Waals surface area (Å²) in [7, 11) is 0. The Morgan fingerprint density at radius 1 is 0.333 bits per heavy atom. The van der Waals surface area contributed by atoms with Gasteiger partial charge in [0.25, 0.3) is 0 Å². The van der Waals surface area contributed by atoms with Crippen LogP contribution in [0.2, 0.25) is 0 Å². The SMILES string of the molecule is CCC(=O)NCCN(CCN(CCN(CCN(CCN(CCN(CCN(CCN(CCN1CCC(C(=O)O)CC1)C(=O)CCC(=O)O)C(=O)CCC(=O)O)C(=O)CCC(=O)O)C(=O)CCC(=O)O)C(=O)CC)C(=O)CC)C(=O)CC)C(=O)CC. The van der Waals surface area contributed by atoms with Crippen molar-refractivity contribution in [2.45, 2.75) is 131 Å². The summed E-state index contributed by atoms with van der Waals surface area (Å²) in [6, 6.07) is 0. The molecule has 1 aliphatic rings. The lowest BCUT2D eigenvalue weighted by Gasteiger charge is -2.34. The Morgan fingerprint density at radius 2 is 0.571 bits per heavy atom. The number of piperidine rings is 1. The highest BCUT2D eigenvalue weighted by molar-refractivity contribution is 5.84. The fourth-order valence-electron chi connectivity index (χ4n) is 9.08. The molecule has 0 aromatic heterocycles. The number of aliphatic carboxylic acids is 5. The van der Waals surface area contributed by atoms with Gasteiger partial charge in [-0.1, -0.05) is 34.6 Å². The summed E-state index contributed by atoms with van der Waals surface area (Å²) in [5, 5.41) is 49.9. The molecule has 1 saturated heterocycles. The van der Waals surface area contributed by atoms with Gasteiger partial charge in [0.1, 0.15) is 0 Å². The first-order valence-electron chi connectivity index (χ1n) is 29.1. The minimum absolute atomic E-state index is 0.00627. The first kappa shape index (κ1) is 74.6. The van der Waals surface area contributed by atoms with Crippen LogP contribution in [-0.2, 0) is 67.1 Å². The minimum atomic E-state index is -1.30. The third kappa shape index (κ3) is 30.7. The molecule has 29 nitrogen and oxygen atoms in total. The number of hydrogen-bond acceptors (Lipinski definition) is 15. The molecule has 6 N–H and O–H groups in total. The Hall–Kier alpha value is -7.46. The minimum Gasteiger partial charge on any atom is -0.481 e. The topological polar surface area (TPSA) is 381 Å². The first-order chi connectivity index (χ1) is 39.8. The van der Waals surface area contributed by atoms with E-state index in [2.05, 4.69) is 5.32 Å². The Bertz CT molecular complexity index is 2210. The molecule has 0 aliphatic carbocycles. The van der Waals surface area contributed by atoms with E-state index in [1.54, 1.807) is 44.4 Å². The van der Waals surface area contributed by atoms with E-state index in [0.29, 0.717) is 32.5 Å². The molecule has 0 unspecified atom stereocenters. The molecule has 0 aromatic carbocycles. The van der Waals surface area contributed by atoms with Crippen molar-refractivity contribution in [2.75, 3.05) is 131 Å². The van der Waals surface area contributed by atoms with Gasteiger partial charge in [-0.05, 0) is 25.9 Å². The number of nitrogens with one attached hydrogen (secondary N) is 1. The van der Waals surface area contributed by atoms with Crippen LogP contribution in [0.4, 0.5) is 0 Å². The van der Waals surface area contributed by atoms with Crippen molar-refractivity contribution in [3.8, 4) is 0 Å². The van der Waals surface area contributed by atoms with Crippen molar-refractivity contribution < 1.29 is 92.7 Å². The predicted octanol–water partition coefficient (Wildman–Crippen LogP) is 0.0372. The number of rotatable bonds is 45. The van der Waals surface area contributed by atoms with Gasteiger partial charge in [0.05, 0.1) is 31.6 Å². The highest BCUT2D eigenvalue weighted by Gasteiger charge is 2.28. The molecular weight excluding hydrogens is 1100 g/mol. The van der Waals surface area contributed by atoms with Crippen LogP contribution in [0.3, 0.4) is 0 Å². The largest absolute Gasteiger partial charge is 0.481 e. The van der Waals surface area contributed by atoms with Gasteiger partial charge >= 0.3 is 29.8 Å². The average molecular weight is 1200 g/mol. The normalized spacial score (nSPS) is 12.3. The molecule has 0 bridgehead atoms. The third-order valence-corrected chi connectivity index (χ3v) is 14.4. The van der Waals surface area contributed by atoms with E-state index < -0.39 is 104 Å². The van der Waals surface area contributed by atoms with E-state index in [9.17, 15) is 92.7 Å². The van der Waals surface area contributed by atoms with Crippen molar-refractivity contribution in [2.24, 2.45) is 5.92 Å². The monoisotopic (exact) mass is 1200 g/mol. The molecule has 476 valence electrons. The van der Waals surface area contributed by atoms with E-state index in [1.165, 1.54) is 29.4 Å². The smallest absolute Gasteiger partial charge is 0.306 e. The zero-order valence-electron chi connectivity index (χ0n) is 49.8. The summed E-state index contributed by atoms with van der Waals surface area (Å²) in [5.74, 6) is -10.4. The quantitative estimate of drug-likeness (QED) is 0.0469. The Balaban J connectivity index is 3.47. The molecule has 9 amide bonds. The molecule has 84 heavy (non-hydrogen) atoms. The molecule has 0 atom stereocenters. The van der Waals surface area contributed by atoms with Gasteiger partial charge in [0, 0.05) is 176 Å². The van der Waals surface area contributed by atoms with Gasteiger partial charge < -0.3 is 74.9 Å². The van der Waals surface area contributed by atoms with Crippen LogP contribution in [0.25, 0.3) is 0 Å². The Labute approximate surface area is 491 Å². The van der Waals surface area contributed by atoms with Crippen LogP contribution in [0, 0.1) is 5.92 Å². The molecule has 0 aromatic rings. The number of amides is 9. The summed E-state index contributed by atoms with van der Waals surface area (Å²) in [6.45, 7) is 8.66. The Kier molecular flexibility index (Phi) is 36.9. The van der Waals surface area contributed by atoms with E-state index >= 15 is 0 Å². The van der Waals surface area contributed by atoms with Gasteiger partial charge in [0.2, 0.25) is 53.2 Å². The lowest BCUT2D eigenvalue weighted by Crippen LogP contribution is -2.49. The summed E-state index contributed by atoms with van der Waals surface area (Å²) in [6.07, 6.45) is -2.64. The van der Waals surface area contributed by atoms with Crippen molar-refractivity contribution >= 4 is 83.0 Å². The average Bonchev–Trinajstić information content (AvgIpc) is 3.58. The van der Waals surface area contributed by atoms with Crippen molar-refractivity contribution in [3.63, 3.8) is 0 Å². The molecule has 1 aliphatic heterocycles. The lowest BCUT2D eigenvalue weighted by atomic mass is 9.97. The summed E-state index contributed by atoms with van der Waals surface area (Å²) in [4.78, 5) is 190. The van der Waals surface area contributed by atoms with Crippen LogP contribution in [0.15, 0.2) is 0 Å². The summed E-state index contributed by atoms with van der Waals surface area (Å²) >= 11 is 0. The molecular formula is C55H92N10O19. The fraction of sp³-hybridized carbons (Fsp3) is 0.745. The van der Waals surface area contributed by atoms with Crippen LogP contribution in [0.5, 0.6) is 0 Å². The van der Waals surface area contributed by atoms with E-state index in [4.69, 9.17) is 0 Å². The molecule has 1 rings (SSSR count). The van der Waals surface area contributed by atoms with E-state index in [1.807, 2.05) is 4.90 Å². The maximum atomic E-state index is 13.8. The number of hydrogen-bond donors (Lipinski definition) is 6. The highest BCUT2D eigenvalue weighted by atomic mass is 16.4.